The van der Waals surface area contributed by atoms with E-state index in [1.165, 1.54) is 35.3 Å². The van der Waals surface area contributed by atoms with Crippen LogP contribution in [-0.4, -0.2) is 38.8 Å². The number of aromatic nitrogens is 3. The molecule has 208 valence electrons. The Kier molecular flexibility index (Phi) is 9.00. The molecule has 0 saturated carbocycles. The Balaban J connectivity index is 1.29. The molecule has 1 aromatic heterocycles. The molecule has 8 nitrogen and oxygen atoms in total. The number of hydrogen-bond donors (Lipinski definition) is 3. The van der Waals surface area contributed by atoms with Crippen LogP contribution in [0.4, 0.5) is 23.7 Å². The first-order valence-electron chi connectivity index (χ1n) is 12.4. The summed E-state index contributed by atoms with van der Waals surface area (Å²) in [7, 11) is 0. The first-order valence-corrected chi connectivity index (χ1v) is 12.8. The number of thiocarbonyl (C=S) groups is 1. The summed E-state index contributed by atoms with van der Waals surface area (Å²) in [6, 6.07) is 18.5. The highest BCUT2D eigenvalue weighted by atomic mass is 32.1. The molecule has 0 atom stereocenters. The average molecular weight is 569 g/mol. The molecule has 0 radical (unpaired) electrons. The SMILES string of the molecule is CCc1ccccc1NC(=S)NC(=O)NCCc1ccc(-c2ncn(-c3ccc(OC(F)(F)F)cc3)n2)cc1C. The zero-order chi connectivity index (χ0) is 28.7. The Morgan fingerprint density at radius 3 is 2.50 bits per heavy atom. The molecule has 0 fully saturated rings. The predicted molar refractivity (Wildman–Crippen MR) is 150 cm³/mol. The van der Waals surface area contributed by atoms with Gasteiger partial charge in [0.2, 0.25) is 0 Å². The third-order valence-electron chi connectivity index (χ3n) is 5.98. The van der Waals surface area contributed by atoms with Crippen molar-refractivity contribution in [3.05, 3.63) is 89.7 Å². The molecule has 0 bridgehead atoms. The van der Waals surface area contributed by atoms with E-state index in [0.717, 1.165) is 34.4 Å². The Morgan fingerprint density at radius 2 is 1.80 bits per heavy atom. The van der Waals surface area contributed by atoms with Crippen LogP contribution in [0.3, 0.4) is 0 Å². The highest BCUT2D eigenvalue weighted by Gasteiger charge is 2.31. The molecule has 0 unspecified atom stereocenters. The monoisotopic (exact) mass is 568 g/mol. The van der Waals surface area contributed by atoms with Gasteiger partial charge in [-0.1, -0.05) is 37.3 Å². The smallest absolute Gasteiger partial charge is 0.406 e. The molecular formula is C28H27F3N6O2S. The van der Waals surface area contributed by atoms with Gasteiger partial charge in [-0.2, -0.15) is 0 Å². The van der Waals surface area contributed by atoms with E-state index in [1.54, 1.807) is 0 Å². The number of benzene rings is 3. The van der Waals surface area contributed by atoms with Gasteiger partial charge in [-0.3, -0.25) is 5.32 Å². The normalized spacial score (nSPS) is 11.1. The number of aryl methyl sites for hydroxylation is 2. The fourth-order valence-corrected chi connectivity index (χ4v) is 4.20. The van der Waals surface area contributed by atoms with E-state index >= 15 is 0 Å². The van der Waals surface area contributed by atoms with Crippen molar-refractivity contribution in [1.82, 2.24) is 25.4 Å². The first kappa shape index (κ1) is 28.6. The van der Waals surface area contributed by atoms with Crippen molar-refractivity contribution in [3.63, 3.8) is 0 Å². The van der Waals surface area contributed by atoms with Crippen LogP contribution in [0.25, 0.3) is 17.1 Å². The van der Waals surface area contributed by atoms with Gasteiger partial charge in [0.15, 0.2) is 10.9 Å². The summed E-state index contributed by atoms with van der Waals surface area (Å²) in [5.41, 5.74) is 5.32. The van der Waals surface area contributed by atoms with Crippen LogP contribution in [0.5, 0.6) is 5.75 Å². The van der Waals surface area contributed by atoms with Crippen molar-refractivity contribution >= 4 is 29.0 Å². The third-order valence-corrected chi connectivity index (χ3v) is 6.19. The number of nitrogens with zero attached hydrogens (tertiary/aromatic N) is 3. The summed E-state index contributed by atoms with van der Waals surface area (Å²) in [6.07, 6.45) is -1.82. The molecular weight excluding hydrogens is 541 g/mol. The van der Waals surface area contributed by atoms with E-state index in [4.69, 9.17) is 12.2 Å². The summed E-state index contributed by atoms with van der Waals surface area (Å²) in [6.45, 7) is 4.41. The molecule has 0 aliphatic carbocycles. The van der Waals surface area contributed by atoms with Crippen LogP contribution < -0.4 is 20.7 Å². The summed E-state index contributed by atoms with van der Waals surface area (Å²) in [5.74, 6) is 0.153. The first-order chi connectivity index (χ1) is 19.1. The fourth-order valence-electron chi connectivity index (χ4n) is 4.00. The zero-order valence-corrected chi connectivity index (χ0v) is 22.6. The second kappa shape index (κ2) is 12.6. The number of nitrogens with one attached hydrogen (secondary N) is 3. The molecule has 4 aromatic rings. The van der Waals surface area contributed by atoms with Gasteiger partial charge < -0.3 is 15.4 Å². The van der Waals surface area contributed by atoms with Crippen molar-refractivity contribution in [2.24, 2.45) is 0 Å². The molecule has 3 aromatic carbocycles. The zero-order valence-electron chi connectivity index (χ0n) is 21.7. The maximum Gasteiger partial charge on any atom is 0.573 e. The largest absolute Gasteiger partial charge is 0.573 e. The number of carbonyl (C=O) groups excluding carboxylic acids is 1. The molecule has 2 amide bonds. The second-order valence-electron chi connectivity index (χ2n) is 8.79. The number of hydrogen-bond acceptors (Lipinski definition) is 5. The third kappa shape index (κ3) is 7.79. The molecule has 0 spiro atoms. The van der Waals surface area contributed by atoms with Gasteiger partial charge >= 0.3 is 12.4 Å². The molecule has 3 N–H and O–H groups in total. The fraction of sp³-hybridized carbons (Fsp3) is 0.214. The predicted octanol–water partition coefficient (Wildman–Crippen LogP) is 5.94. The van der Waals surface area contributed by atoms with Crippen LogP contribution in [0.2, 0.25) is 0 Å². The number of rotatable bonds is 8. The number of para-hydroxylation sites is 1. The maximum atomic E-state index is 12.4. The van der Waals surface area contributed by atoms with Gasteiger partial charge in [-0.15, -0.1) is 18.3 Å². The van der Waals surface area contributed by atoms with Crippen molar-refractivity contribution < 1.29 is 22.7 Å². The minimum atomic E-state index is -4.75. The van der Waals surface area contributed by atoms with Crippen LogP contribution in [0, 0.1) is 6.92 Å². The van der Waals surface area contributed by atoms with E-state index in [1.807, 2.05) is 56.3 Å². The van der Waals surface area contributed by atoms with Crippen molar-refractivity contribution in [1.29, 1.82) is 0 Å². The van der Waals surface area contributed by atoms with E-state index in [0.29, 0.717) is 24.5 Å². The van der Waals surface area contributed by atoms with Gasteiger partial charge in [0, 0.05) is 17.8 Å². The lowest BCUT2D eigenvalue weighted by Crippen LogP contribution is -2.42. The lowest BCUT2D eigenvalue weighted by molar-refractivity contribution is -0.274. The van der Waals surface area contributed by atoms with Gasteiger partial charge in [0.05, 0.1) is 5.69 Å². The number of urea groups is 1. The van der Waals surface area contributed by atoms with Crippen molar-refractivity contribution in [2.45, 2.75) is 33.1 Å². The van der Waals surface area contributed by atoms with Crippen LogP contribution >= 0.6 is 12.2 Å². The molecule has 0 aliphatic rings. The minimum absolute atomic E-state index is 0.219. The maximum absolute atomic E-state index is 12.4. The number of anilines is 1. The highest BCUT2D eigenvalue weighted by Crippen LogP contribution is 2.24. The van der Waals surface area contributed by atoms with Crippen molar-refractivity contribution in [2.75, 3.05) is 11.9 Å². The number of ether oxygens (including phenoxy) is 1. The molecule has 1 heterocycles. The van der Waals surface area contributed by atoms with Gasteiger partial charge in [0.25, 0.3) is 0 Å². The summed E-state index contributed by atoms with van der Waals surface area (Å²) < 4.78 is 42.5. The molecule has 4 rings (SSSR count). The highest BCUT2D eigenvalue weighted by molar-refractivity contribution is 7.80. The van der Waals surface area contributed by atoms with Gasteiger partial charge in [0.1, 0.15) is 12.1 Å². The lowest BCUT2D eigenvalue weighted by atomic mass is 10.0. The summed E-state index contributed by atoms with van der Waals surface area (Å²) >= 11 is 5.26. The number of alkyl halides is 3. The second-order valence-corrected chi connectivity index (χ2v) is 9.20. The Labute approximate surface area is 234 Å². The van der Waals surface area contributed by atoms with E-state index in [2.05, 4.69) is 30.8 Å². The van der Waals surface area contributed by atoms with Crippen LogP contribution in [0.15, 0.2) is 73.1 Å². The summed E-state index contributed by atoms with van der Waals surface area (Å²) in [5, 5.41) is 13.2. The van der Waals surface area contributed by atoms with E-state index < -0.39 is 12.4 Å². The molecule has 0 saturated heterocycles. The lowest BCUT2D eigenvalue weighted by Gasteiger charge is -2.13. The van der Waals surface area contributed by atoms with Crippen LogP contribution in [-0.2, 0) is 12.8 Å². The number of carbonyl (C=O) groups is 1. The Morgan fingerprint density at radius 1 is 1.05 bits per heavy atom. The van der Waals surface area contributed by atoms with Crippen molar-refractivity contribution in [3.8, 4) is 22.8 Å². The van der Waals surface area contributed by atoms with Gasteiger partial charge in [-0.25, -0.2) is 14.5 Å². The Bertz CT molecular complexity index is 1490. The average Bonchev–Trinajstić information content (AvgIpc) is 3.40. The van der Waals surface area contributed by atoms with Crippen LogP contribution in [0.1, 0.15) is 23.6 Å². The molecule has 40 heavy (non-hydrogen) atoms. The topological polar surface area (TPSA) is 93.1 Å². The quantitative estimate of drug-likeness (QED) is 0.228. The number of amides is 2. The minimum Gasteiger partial charge on any atom is -0.406 e. The standard InChI is InChI=1S/C28H27F3N6O2S/c1-3-19-6-4-5-7-24(19)34-27(40)35-26(38)32-15-14-20-8-9-21(16-18(20)2)25-33-17-37(36-25)22-10-12-23(13-11-22)39-28(29,30)31/h4-13,16-17H,3,14-15H2,1-2H3,(H3,32,34,35,38,40). The molecule has 12 heteroatoms. The number of halogens is 3. The molecule has 0 aliphatic heterocycles. The van der Waals surface area contributed by atoms with E-state index in [9.17, 15) is 18.0 Å². The summed E-state index contributed by atoms with van der Waals surface area (Å²) in [4.78, 5) is 16.6. The van der Waals surface area contributed by atoms with Gasteiger partial charge in [-0.05, 0) is 85.1 Å². The van der Waals surface area contributed by atoms with E-state index in [-0.39, 0.29) is 10.9 Å². The Hall–Kier alpha value is -4.45.